The predicted molar refractivity (Wildman–Crippen MR) is 91.7 cm³/mol. The fraction of sp³-hybridized carbons (Fsp3) is 0.316. The van der Waals surface area contributed by atoms with Crippen molar-refractivity contribution in [2.24, 2.45) is 0 Å². The maximum Gasteiger partial charge on any atom is 0.337 e. The minimum atomic E-state index is -0.307. The number of methoxy groups -OCH3 is 1. The van der Waals surface area contributed by atoms with Gasteiger partial charge < -0.3 is 9.64 Å². The molecule has 0 atom stereocenters. The number of piperazine rings is 1. The second kappa shape index (κ2) is 7.45. The lowest BCUT2D eigenvalue weighted by Crippen LogP contribution is -2.45. The van der Waals surface area contributed by atoms with E-state index in [1.54, 1.807) is 6.07 Å². The summed E-state index contributed by atoms with van der Waals surface area (Å²) in [6.07, 6.45) is 0. The van der Waals surface area contributed by atoms with Crippen molar-refractivity contribution >= 4 is 11.7 Å². The molecule has 2 aromatic carbocycles. The number of anilines is 1. The van der Waals surface area contributed by atoms with E-state index in [4.69, 9.17) is 4.74 Å². The van der Waals surface area contributed by atoms with Crippen molar-refractivity contribution in [1.29, 1.82) is 0 Å². The zero-order valence-corrected chi connectivity index (χ0v) is 13.7. The van der Waals surface area contributed by atoms with Crippen LogP contribution in [-0.4, -0.2) is 44.2 Å². The number of carbonyl (C=O) groups is 1. The minimum absolute atomic E-state index is 0.206. The van der Waals surface area contributed by atoms with Gasteiger partial charge in [0.25, 0.3) is 0 Å². The van der Waals surface area contributed by atoms with Crippen LogP contribution >= 0.6 is 0 Å². The van der Waals surface area contributed by atoms with E-state index in [2.05, 4.69) is 9.80 Å². The number of hydrogen-bond acceptors (Lipinski definition) is 4. The largest absolute Gasteiger partial charge is 0.465 e. The Hall–Kier alpha value is -2.40. The topological polar surface area (TPSA) is 32.8 Å². The molecule has 3 rings (SSSR count). The van der Waals surface area contributed by atoms with Crippen molar-refractivity contribution in [3.8, 4) is 0 Å². The van der Waals surface area contributed by atoms with E-state index in [1.807, 2.05) is 30.3 Å². The Balaban J connectivity index is 1.57. The van der Waals surface area contributed by atoms with Crippen LogP contribution in [0.3, 0.4) is 0 Å². The third-order valence-corrected chi connectivity index (χ3v) is 4.32. The molecule has 2 aromatic rings. The molecule has 1 aliphatic heterocycles. The summed E-state index contributed by atoms with van der Waals surface area (Å²) in [7, 11) is 1.39. The molecule has 1 heterocycles. The van der Waals surface area contributed by atoms with Gasteiger partial charge in [0.05, 0.1) is 12.7 Å². The average molecular weight is 328 g/mol. The molecule has 0 bridgehead atoms. The number of hydrogen-bond donors (Lipinski definition) is 0. The highest BCUT2D eigenvalue weighted by Crippen LogP contribution is 2.18. The van der Waals surface area contributed by atoms with Gasteiger partial charge in [0, 0.05) is 38.4 Å². The lowest BCUT2D eigenvalue weighted by Gasteiger charge is -2.36. The molecule has 1 saturated heterocycles. The van der Waals surface area contributed by atoms with Gasteiger partial charge in [-0.3, -0.25) is 4.90 Å². The molecule has 0 aliphatic carbocycles. The quantitative estimate of drug-likeness (QED) is 0.808. The molecular formula is C19H21FN2O2. The van der Waals surface area contributed by atoms with Gasteiger partial charge in [0.1, 0.15) is 5.82 Å². The van der Waals surface area contributed by atoms with E-state index < -0.39 is 0 Å². The Labute approximate surface area is 141 Å². The standard InChI is InChI=1S/C19H21FN2O2/c1-24-19(23)16-4-2-3-15(13-16)14-21-9-11-22(12-10-21)18-7-5-17(20)6-8-18/h2-8,13H,9-12,14H2,1H3. The number of esters is 1. The van der Waals surface area contributed by atoms with Gasteiger partial charge >= 0.3 is 5.97 Å². The van der Waals surface area contributed by atoms with Crippen LogP contribution < -0.4 is 4.90 Å². The Morgan fingerprint density at radius 2 is 1.79 bits per heavy atom. The Bertz CT molecular complexity index is 695. The molecule has 0 N–H and O–H groups in total. The molecule has 24 heavy (non-hydrogen) atoms. The molecule has 1 aliphatic rings. The molecule has 1 fully saturated rings. The summed E-state index contributed by atoms with van der Waals surface area (Å²) in [5, 5.41) is 0. The van der Waals surface area contributed by atoms with Crippen LogP contribution in [-0.2, 0) is 11.3 Å². The number of halogens is 1. The fourth-order valence-corrected chi connectivity index (χ4v) is 2.99. The third-order valence-electron chi connectivity index (χ3n) is 4.32. The summed E-state index contributed by atoms with van der Waals surface area (Å²) < 4.78 is 17.8. The van der Waals surface area contributed by atoms with Gasteiger partial charge in [-0.2, -0.15) is 0 Å². The molecule has 126 valence electrons. The van der Waals surface area contributed by atoms with Crippen molar-refractivity contribution in [2.45, 2.75) is 6.54 Å². The van der Waals surface area contributed by atoms with Gasteiger partial charge in [0.15, 0.2) is 0 Å². The highest BCUT2D eigenvalue weighted by molar-refractivity contribution is 5.89. The van der Waals surface area contributed by atoms with Crippen LogP contribution in [0.25, 0.3) is 0 Å². The van der Waals surface area contributed by atoms with E-state index in [0.29, 0.717) is 5.56 Å². The lowest BCUT2D eigenvalue weighted by molar-refractivity contribution is 0.0600. The summed E-state index contributed by atoms with van der Waals surface area (Å²) in [4.78, 5) is 16.2. The van der Waals surface area contributed by atoms with Gasteiger partial charge in [-0.25, -0.2) is 9.18 Å². The smallest absolute Gasteiger partial charge is 0.337 e. The average Bonchev–Trinajstić information content (AvgIpc) is 2.63. The second-order valence-corrected chi connectivity index (χ2v) is 5.93. The maximum absolute atomic E-state index is 13.0. The molecule has 0 unspecified atom stereocenters. The minimum Gasteiger partial charge on any atom is -0.465 e. The van der Waals surface area contributed by atoms with Crippen molar-refractivity contribution in [3.63, 3.8) is 0 Å². The Morgan fingerprint density at radius 1 is 1.08 bits per heavy atom. The van der Waals surface area contributed by atoms with Crippen LogP contribution in [0.15, 0.2) is 48.5 Å². The fourth-order valence-electron chi connectivity index (χ4n) is 2.99. The lowest BCUT2D eigenvalue weighted by atomic mass is 10.1. The monoisotopic (exact) mass is 328 g/mol. The molecule has 0 amide bonds. The summed E-state index contributed by atoms with van der Waals surface area (Å²) in [6, 6.07) is 14.2. The van der Waals surface area contributed by atoms with Crippen LogP contribution in [0.2, 0.25) is 0 Å². The molecule has 5 heteroatoms. The van der Waals surface area contributed by atoms with E-state index in [1.165, 1.54) is 19.2 Å². The first-order valence-corrected chi connectivity index (χ1v) is 8.06. The van der Waals surface area contributed by atoms with Crippen LogP contribution in [0, 0.1) is 5.82 Å². The molecule has 4 nitrogen and oxygen atoms in total. The van der Waals surface area contributed by atoms with Crippen LogP contribution in [0.5, 0.6) is 0 Å². The van der Waals surface area contributed by atoms with Crippen molar-refractivity contribution in [3.05, 3.63) is 65.5 Å². The zero-order valence-electron chi connectivity index (χ0n) is 13.7. The highest BCUT2D eigenvalue weighted by Gasteiger charge is 2.17. The highest BCUT2D eigenvalue weighted by atomic mass is 19.1. The zero-order chi connectivity index (χ0) is 16.9. The normalized spacial score (nSPS) is 15.3. The van der Waals surface area contributed by atoms with Gasteiger partial charge in [-0.1, -0.05) is 12.1 Å². The van der Waals surface area contributed by atoms with Crippen molar-refractivity contribution in [2.75, 3.05) is 38.2 Å². The summed E-state index contributed by atoms with van der Waals surface area (Å²) >= 11 is 0. The molecule has 0 saturated carbocycles. The number of rotatable bonds is 4. The summed E-state index contributed by atoms with van der Waals surface area (Å²) in [5.41, 5.74) is 2.75. The number of benzene rings is 2. The summed E-state index contributed by atoms with van der Waals surface area (Å²) in [5.74, 6) is -0.513. The van der Waals surface area contributed by atoms with Crippen molar-refractivity contribution in [1.82, 2.24) is 4.90 Å². The van der Waals surface area contributed by atoms with E-state index in [0.717, 1.165) is 44.0 Å². The predicted octanol–water partition coefficient (Wildman–Crippen LogP) is 2.93. The van der Waals surface area contributed by atoms with Crippen LogP contribution in [0.1, 0.15) is 15.9 Å². The van der Waals surface area contributed by atoms with E-state index in [-0.39, 0.29) is 11.8 Å². The first-order valence-electron chi connectivity index (χ1n) is 8.06. The summed E-state index contributed by atoms with van der Waals surface area (Å²) in [6.45, 7) is 4.48. The van der Waals surface area contributed by atoms with E-state index >= 15 is 0 Å². The first-order chi connectivity index (χ1) is 11.7. The number of ether oxygens (including phenoxy) is 1. The Morgan fingerprint density at radius 3 is 2.46 bits per heavy atom. The second-order valence-electron chi connectivity index (χ2n) is 5.93. The molecule has 0 radical (unpaired) electrons. The molecular weight excluding hydrogens is 307 g/mol. The SMILES string of the molecule is COC(=O)c1cccc(CN2CCN(c3ccc(F)cc3)CC2)c1. The number of nitrogens with zero attached hydrogens (tertiary/aromatic N) is 2. The maximum atomic E-state index is 13.0. The van der Waals surface area contributed by atoms with Crippen LogP contribution in [0.4, 0.5) is 10.1 Å². The Kier molecular flexibility index (Phi) is 5.11. The van der Waals surface area contributed by atoms with Gasteiger partial charge in [-0.15, -0.1) is 0 Å². The van der Waals surface area contributed by atoms with Crippen molar-refractivity contribution < 1.29 is 13.9 Å². The molecule has 0 aromatic heterocycles. The van der Waals surface area contributed by atoms with E-state index in [9.17, 15) is 9.18 Å². The van der Waals surface area contributed by atoms with Gasteiger partial charge in [-0.05, 0) is 42.0 Å². The first kappa shape index (κ1) is 16.5. The van der Waals surface area contributed by atoms with Gasteiger partial charge in [0.2, 0.25) is 0 Å². The molecule has 0 spiro atoms. The third kappa shape index (κ3) is 3.92. The number of carbonyl (C=O) groups excluding carboxylic acids is 1.